The van der Waals surface area contributed by atoms with Crippen LogP contribution in [-0.2, 0) is 5.54 Å². The van der Waals surface area contributed by atoms with E-state index in [-0.39, 0.29) is 35.2 Å². The molecule has 1 amide bonds. The van der Waals surface area contributed by atoms with Gasteiger partial charge in [0, 0.05) is 60.7 Å². The van der Waals surface area contributed by atoms with Crippen LogP contribution in [0.2, 0.25) is 0 Å². The third-order valence-corrected chi connectivity index (χ3v) is 8.49. The molecule has 4 atom stereocenters. The first-order valence-electron chi connectivity index (χ1n) is 13.7. The standard InChI is InChI=1S/C30H30FN7O2/c1-18-22(17-38(36-18)29-32-10-4-11-33-29)28(39)37-15-23-24(16-37)27(23)40-26-14-20(30(2)9-3-12-34-30)13-25(35-26)19-5-7-21(31)8-6-19/h4-8,10-11,13-14,17,23-24,27,34H,3,9,12,15-16H2,1-2H3/t23-,24+,27+,30?. The Balaban J connectivity index is 1.07. The summed E-state index contributed by atoms with van der Waals surface area (Å²) in [5, 5.41) is 8.07. The molecular formula is C30H30FN7O2. The molecule has 1 N–H and O–H groups in total. The van der Waals surface area contributed by atoms with Crippen LogP contribution in [0.15, 0.2) is 61.1 Å². The fraction of sp³-hybridized carbons (Fsp3) is 0.367. The summed E-state index contributed by atoms with van der Waals surface area (Å²) in [5.41, 5.74) is 3.77. The Morgan fingerprint density at radius 3 is 2.58 bits per heavy atom. The number of piperidine rings is 1. The minimum Gasteiger partial charge on any atom is -0.474 e. The Labute approximate surface area is 231 Å². The van der Waals surface area contributed by atoms with Crippen molar-refractivity contribution < 1.29 is 13.9 Å². The van der Waals surface area contributed by atoms with Gasteiger partial charge in [0.1, 0.15) is 11.9 Å². The summed E-state index contributed by atoms with van der Waals surface area (Å²) in [6.07, 6.45) is 7.14. The van der Waals surface area contributed by atoms with Gasteiger partial charge in [-0.05, 0) is 75.2 Å². The summed E-state index contributed by atoms with van der Waals surface area (Å²) < 4.78 is 21.6. The van der Waals surface area contributed by atoms with Gasteiger partial charge in [0.05, 0.1) is 17.0 Å². The fourth-order valence-corrected chi connectivity index (χ4v) is 6.10. The number of benzene rings is 1. The summed E-state index contributed by atoms with van der Waals surface area (Å²) in [5.74, 6) is 1.21. The maximum atomic E-state index is 13.6. The minimum absolute atomic E-state index is 0.0127. The van der Waals surface area contributed by atoms with Crippen molar-refractivity contribution in [3.8, 4) is 23.1 Å². The number of ether oxygens (including phenoxy) is 1. The van der Waals surface area contributed by atoms with E-state index in [9.17, 15) is 9.18 Å². The molecule has 3 fully saturated rings. The SMILES string of the molecule is Cc1nn(-c2ncccn2)cc1C(=O)N1C[C@@H]2[C@H](C1)[C@H]2Oc1cc(C2(C)CCCN2)cc(-c2ccc(F)cc2)n1. The number of pyridine rings is 1. The van der Waals surface area contributed by atoms with Crippen LogP contribution in [-0.4, -0.2) is 61.3 Å². The summed E-state index contributed by atoms with van der Waals surface area (Å²) in [6.45, 7) is 6.26. The lowest BCUT2D eigenvalue weighted by molar-refractivity contribution is 0.0751. The molecule has 204 valence electrons. The van der Waals surface area contributed by atoms with Crippen molar-refractivity contribution in [1.29, 1.82) is 0 Å². The molecule has 1 aromatic carbocycles. The second-order valence-corrected chi connectivity index (χ2v) is 11.2. The summed E-state index contributed by atoms with van der Waals surface area (Å²) in [4.78, 5) is 28.5. The molecule has 7 rings (SSSR count). The van der Waals surface area contributed by atoms with Crippen molar-refractivity contribution in [3.05, 3.63) is 83.7 Å². The second-order valence-electron chi connectivity index (χ2n) is 11.2. The molecule has 3 aliphatic rings. The van der Waals surface area contributed by atoms with Gasteiger partial charge in [-0.25, -0.2) is 24.0 Å². The zero-order chi connectivity index (χ0) is 27.4. The molecule has 1 unspecified atom stereocenters. The highest BCUT2D eigenvalue weighted by molar-refractivity contribution is 5.95. The van der Waals surface area contributed by atoms with Crippen LogP contribution in [0.5, 0.6) is 5.88 Å². The van der Waals surface area contributed by atoms with Gasteiger partial charge in [0.2, 0.25) is 11.8 Å². The number of aryl methyl sites for hydroxylation is 1. The van der Waals surface area contributed by atoms with Gasteiger partial charge in [-0.3, -0.25) is 4.79 Å². The zero-order valence-corrected chi connectivity index (χ0v) is 22.4. The molecule has 2 saturated heterocycles. The number of carbonyl (C=O) groups excluding carboxylic acids is 1. The normalized spacial score (nSPS) is 25.2. The Kier molecular flexibility index (Phi) is 5.88. The smallest absolute Gasteiger partial charge is 0.257 e. The number of aromatic nitrogens is 5. The molecule has 3 aromatic heterocycles. The zero-order valence-electron chi connectivity index (χ0n) is 22.4. The molecule has 5 heterocycles. The Morgan fingerprint density at radius 1 is 1.12 bits per heavy atom. The van der Waals surface area contributed by atoms with Gasteiger partial charge >= 0.3 is 0 Å². The van der Waals surface area contributed by atoms with Crippen molar-refractivity contribution in [2.45, 2.75) is 38.3 Å². The van der Waals surface area contributed by atoms with E-state index in [1.54, 1.807) is 41.5 Å². The van der Waals surface area contributed by atoms with Gasteiger partial charge < -0.3 is 15.0 Å². The fourth-order valence-electron chi connectivity index (χ4n) is 6.10. The van der Waals surface area contributed by atoms with Crippen molar-refractivity contribution in [2.24, 2.45) is 11.8 Å². The third kappa shape index (κ3) is 4.42. The minimum atomic E-state index is -0.276. The molecule has 4 aromatic rings. The average molecular weight is 540 g/mol. The maximum absolute atomic E-state index is 13.6. The number of rotatable bonds is 6. The Morgan fingerprint density at radius 2 is 1.88 bits per heavy atom. The molecule has 0 radical (unpaired) electrons. The van der Waals surface area contributed by atoms with Crippen molar-refractivity contribution in [1.82, 2.24) is 34.9 Å². The van der Waals surface area contributed by atoms with E-state index in [4.69, 9.17) is 9.72 Å². The van der Waals surface area contributed by atoms with E-state index in [2.05, 4.69) is 33.4 Å². The Hall–Kier alpha value is -4.18. The number of nitrogens with zero attached hydrogens (tertiary/aromatic N) is 6. The molecule has 9 nitrogen and oxygen atoms in total. The lowest BCUT2D eigenvalue weighted by Gasteiger charge is -2.26. The number of likely N-dealkylation sites (tertiary alicyclic amines) is 1. The van der Waals surface area contributed by atoms with Crippen LogP contribution in [0.25, 0.3) is 17.2 Å². The van der Waals surface area contributed by atoms with E-state index in [0.717, 1.165) is 36.2 Å². The molecular weight excluding hydrogens is 509 g/mol. The number of halogens is 1. The molecule has 40 heavy (non-hydrogen) atoms. The predicted molar refractivity (Wildman–Crippen MR) is 145 cm³/mol. The van der Waals surface area contributed by atoms with Gasteiger partial charge in [0.25, 0.3) is 5.91 Å². The highest BCUT2D eigenvalue weighted by Crippen LogP contribution is 2.48. The van der Waals surface area contributed by atoms with E-state index in [0.29, 0.717) is 36.2 Å². The number of fused-ring (bicyclic) bond motifs is 1. The first kappa shape index (κ1) is 24.8. The topological polar surface area (TPSA) is 98.1 Å². The van der Waals surface area contributed by atoms with Crippen LogP contribution in [0.1, 0.15) is 41.4 Å². The number of hydrogen-bond donors (Lipinski definition) is 1. The van der Waals surface area contributed by atoms with E-state index in [1.807, 2.05) is 17.9 Å². The maximum Gasteiger partial charge on any atom is 0.257 e. The quantitative estimate of drug-likeness (QED) is 0.397. The predicted octanol–water partition coefficient (Wildman–Crippen LogP) is 3.92. The Bertz CT molecular complexity index is 1550. The van der Waals surface area contributed by atoms with Crippen LogP contribution >= 0.6 is 0 Å². The molecule has 1 aliphatic carbocycles. The lowest BCUT2D eigenvalue weighted by Crippen LogP contribution is -2.34. The number of carbonyl (C=O) groups is 1. The first-order chi connectivity index (χ1) is 19.4. The second kappa shape index (κ2) is 9.48. The number of nitrogens with one attached hydrogen (secondary N) is 1. The van der Waals surface area contributed by atoms with Crippen molar-refractivity contribution in [3.63, 3.8) is 0 Å². The first-order valence-corrected chi connectivity index (χ1v) is 13.7. The van der Waals surface area contributed by atoms with Crippen LogP contribution < -0.4 is 10.1 Å². The largest absolute Gasteiger partial charge is 0.474 e. The molecule has 2 aliphatic heterocycles. The van der Waals surface area contributed by atoms with E-state index >= 15 is 0 Å². The van der Waals surface area contributed by atoms with Gasteiger partial charge in [-0.15, -0.1) is 0 Å². The van der Waals surface area contributed by atoms with Crippen molar-refractivity contribution >= 4 is 5.91 Å². The summed E-state index contributed by atoms with van der Waals surface area (Å²) in [6, 6.07) is 12.3. The third-order valence-electron chi connectivity index (χ3n) is 8.49. The molecule has 1 saturated carbocycles. The summed E-state index contributed by atoms with van der Waals surface area (Å²) >= 11 is 0. The highest BCUT2D eigenvalue weighted by atomic mass is 19.1. The summed E-state index contributed by atoms with van der Waals surface area (Å²) in [7, 11) is 0. The van der Waals surface area contributed by atoms with Crippen LogP contribution in [0.3, 0.4) is 0 Å². The highest BCUT2D eigenvalue weighted by Gasteiger charge is 2.59. The van der Waals surface area contributed by atoms with E-state index in [1.165, 1.54) is 12.1 Å². The molecule has 10 heteroatoms. The van der Waals surface area contributed by atoms with Crippen LogP contribution in [0, 0.1) is 24.6 Å². The average Bonchev–Trinajstić information content (AvgIpc) is 3.41. The monoisotopic (exact) mass is 539 g/mol. The number of amides is 1. The van der Waals surface area contributed by atoms with Crippen molar-refractivity contribution in [2.75, 3.05) is 19.6 Å². The van der Waals surface area contributed by atoms with Gasteiger partial charge in [-0.1, -0.05) is 0 Å². The number of hydrogen-bond acceptors (Lipinski definition) is 7. The van der Waals surface area contributed by atoms with Gasteiger partial charge in [-0.2, -0.15) is 5.10 Å². The van der Waals surface area contributed by atoms with Gasteiger partial charge in [0.15, 0.2) is 0 Å². The lowest BCUT2D eigenvalue weighted by atomic mass is 9.90. The molecule has 0 spiro atoms. The van der Waals surface area contributed by atoms with E-state index < -0.39 is 0 Å². The molecule has 0 bridgehead atoms. The van der Waals surface area contributed by atoms with Crippen LogP contribution in [0.4, 0.5) is 4.39 Å².